The van der Waals surface area contributed by atoms with Gasteiger partial charge >= 0.3 is 5.69 Å². The summed E-state index contributed by atoms with van der Waals surface area (Å²) in [6, 6.07) is 4.59. The third-order valence-electron chi connectivity index (χ3n) is 3.77. The van der Waals surface area contributed by atoms with Crippen molar-refractivity contribution in [3.63, 3.8) is 0 Å². The highest BCUT2D eigenvalue weighted by Crippen LogP contribution is 2.29. The van der Waals surface area contributed by atoms with E-state index in [0.717, 1.165) is 19.3 Å². The van der Waals surface area contributed by atoms with Crippen molar-refractivity contribution in [1.82, 2.24) is 4.90 Å². The van der Waals surface area contributed by atoms with Crippen molar-refractivity contribution in [3.05, 3.63) is 33.9 Å². The number of ether oxygens (including phenoxy) is 1. The molecule has 1 atom stereocenters. The molecular formula is C15H20N2O4. The fourth-order valence-corrected chi connectivity index (χ4v) is 2.64. The fourth-order valence-electron chi connectivity index (χ4n) is 2.64. The van der Waals surface area contributed by atoms with Gasteiger partial charge in [-0.15, -0.1) is 0 Å². The molecule has 1 aromatic carbocycles. The van der Waals surface area contributed by atoms with Gasteiger partial charge in [0.05, 0.1) is 11.5 Å². The van der Waals surface area contributed by atoms with Crippen LogP contribution in [0.1, 0.15) is 43.5 Å². The maximum atomic E-state index is 12.5. The lowest BCUT2D eigenvalue weighted by atomic mass is 10.0. The first-order valence-electron chi connectivity index (χ1n) is 7.26. The number of benzene rings is 1. The summed E-state index contributed by atoms with van der Waals surface area (Å²) in [6.07, 6.45) is 3.08. The van der Waals surface area contributed by atoms with Gasteiger partial charge in [-0.05, 0) is 45.2 Å². The molecule has 1 amide bonds. The van der Waals surface area contributed by atoms with Crippen LogP contribution in [0.5, 0.6) is 5.75 Å². The highest BCUT2D eigenvalue weighted by Gasteiger charge is 2.26. The molecular weight excluding hydrogens is 272 g/mol. The molecule has 0 bridgehead atoms. The third-order valence-corrected chi connectivity index (χ3v) is 3.77. The minimum Gasteiger partial charge on any atom is -0.487 e. The number of rotatable bonds is 4. The van der Waals surface area contributed by atoms with Gasteiger partial charge in [0.25, 0.3) is 5.91 Å². The number of piperidine rings is 1. The van der Waals surface area contributed by atoms with Gasteiger partial charge in [-0.1, -0.05) is 0 Å². The molecule has 0 N–H and O–H groups in total. The second kappa shape index (κ2) is 6.56. The standard InChI is InChI=1S/C15H20N2O4/c1-3-21-14-8-7-12(10-13(14)17(19)20)15(18)16-9-5-4-6-11(16)2/h7-8,10-11H,3-6,9H2,1-2H3. The van der Waals surface area contributed by atoms with Crippen molar-refractivity contribution in [1.29, 1.82) is 0 Å². The monoisotopic (exact) mass is 292 g/mol. The van der Waals surface area contributed by atoms with Gasteiger partial charge in [0.1, 0.15) is 0 Å². The number of likely N-dealkylation sites (tertiary alicyclic amines) is 1. The minimum absolute atomic E-state index is 0.145. The van der Waals surface area contributed by atoms with E-state index in [2.05, 4.69) is 0 Å². The summed E-state index contributed by atoms with van der Waals surface area (Å²) >= 11 is 0. The Bertz CT molecular complexity index is 544. The van der Waals surface area contributed by atoms with Crippen LogP contribution in [0.2, 0.25) is 0 Å². The van der Waals surface area contributed by atoms with Gasteiger partial charge in [0.15, 0.2) is 5.75 Å². The van der Waals surface area contributed by atoms with E-state index in [1.807, 2.05) is 6.92 Å². The fraction of sp³-hybridized carbons (Fsp3) is 0.533. The molecule has 0 saturated carbocycles. The van der Waals surface area contributed by atoms with E-state index in [9.17, 15) is 14.9 Å². The van der Waals surface area contributed by atoms with Crippen molar-refractivity contribution in [2.24, 2.45) is 0 Å². The molecule has 1 fully saturated rings. The zero-order valence-electron chi connectivity index (χ0n) is 12.4. The summed E-state index contributed by atoms with van der Waals surface area (Å²) in [5, 5.41) is 11.1. The van der Waals surface area contributed by atoms with E-state index in [4.69, 9.17) is 4.74 Å². The van der Waals surface area contributed by atoms with Crippen LogP contribution < -0.4 is 4.74 Å². The molecule has 1 saturated heterocycles. The molecule has 0 radical (unpaired) electrons. The first kappa shape index (κ1) is 15.3. The second-order valence-corrected chi connectivity index (χ2v) is 5.22. The molecule has 21 heavy (non-hydrogen) atoms. The van der Waals surface area contributed by atoms with Crippen LogP contribution >= 0.6 is 0 Å². The molecule has 1 aliphatic rings. The molecule has 0 aliphatic carbocycles. The zero-order chi connectivity index (χ0) is 15.4. The lowest BCUT2D eigenvalue weighted by Gasteiger charge is -2.33. The summed E-state index contributed by atoms with van der Waals surface area (Å²) < 4.78 is 5.23. The van der Waals surface area contributed by atoms with Crippen LogP contribution in [0.15, 0.2) is 18.2 Å². The van der Waals surface area contributed by atoms with Crippen molar-refractivity contribution in [2.45, 2.75) is 39.2 Å². The number of carbonyl (C=O) groups excluding carboxylic acids is 1. The Balaban J connectivity index is 2.29. The highest BCUT2D eigenvalue weighted by atomic mass is 16.6. The smallest absolute Gasteiger partial charge is 0.311 e. The Labute approximate surface area is 123 Å². The van der Waals surface area contributed by atoms with Crippen LogP contribution in [0.25, 0.3) is 0 Å². The summed E-state index contributed by atoms with van der Waals surface area (Å²) in [7, 11) is 0. The molecule has 2 rings (SSSR count). The lowest BCUT2D eigenvalue weighted by molar-refractivity contribution is -0.385. The predicted molar refractivity (Wildman–Crippen MR) is 78.6 cm³/mol. The van der Waals surface area contributed by atoms with Gasteiger partial charge < -0.3 is 9.64 Å². The normalized spacial score (nSPS) is 18.4. The van der Waals surface area contributed by atoms with Crippen molar-refractivity contribution >= 4 is 11.6 Å². The first-order valence-corrected chi connectivity index (χ1v) is 7.26. The van der Waals surface area contributed by atoms with E-state index in [1.165, 1.54) is 12.1 Å². The molecule has 0 aromatic heterocycles. The van der Waals surface area contributed by atoms with Gasteiger partial charge in [0.2, 0.25) is 0 Å². The van der Waals surface area contributed by atoms with E-state index in [1.54, 1.807) is 17.9 Å². The zero-order valence-corrected chi connectivity index (χ0v) is 12.4. The molecule has 1 aliphatic heterocycles. The second-order valence-electron chi connectivity index (χ2n) is 5.22. The molecule has 6 nitrogen and oxygen atoms in total. The number of carbonyl (C=O) groups is 1. The van der Waals surface area contributed by atoms with Gasteiger partial charge in [-0.3, -0.25) is 14.9 Å². The Kier molecular flexibility index (Phi) is 4.77. The molecule has 1 heterocycles. The maximum Gasteiger partial charge on any atom is 0.311 e. The highest BCUT2D eigenvalue weighted by molar-refractivity contribution is 5.95. The predicted octanol–water partition coefficient (Wildman–Crippen LogP) is 3.01. The number of nitro groups is 1. The van der Waals surface area contributed by atoms with Gasteiger partial charge in [-0.2, -0.15) is 0 Å². The molecule has 1 unspecified atom stereocenters. The summed E-state index contributed by atoms with van der Waals surface area (Å²) in [5.74, 6) is 0.0547. The largest absolute Gasteiger partial charge is 0.487 e. The maximum absolute atomic E-state index is 12.5. The van der Waals surface area contributed by atoms with E-state index < -0.39 is 4.92 Å². The van der Waals surface area contributed by atoms with Crippen LogP contribution in [0.4, 0.5) is 5.69 Å². The number of amides is 1. The summed E-state index contributed by atoms with van der Waals surface area (Å²) in [6.45, 7) is 4.83. The summed E-state index contributed by atoms with van der Waals surface area (Å²) in [5.41, 5.74) is 0.186. The van der Waals surface area contributed by atoms with Crippen molar-refractivity contribution < 1.29 is 14.5 Å². The Hall–Kier alpha value is -2.11. The van der Waals surface area contributed by atoms with E-state index >= 15 is 0 Å². The van der Waals surface area contributed by atoms with E-state index in [-0.39, 0.29) is 23.4 Å². The quantitative estimate of drug-likeness (QED) is 0.631. The number of hydrogen-bond acceptors (Lipinski definition) is 4. The first-order chi connectivity index (χ1) is 10.0. The Morgan fingerprint density at radius 1 is 1.48 bits per heavy atom. The lowest BCUT2D eigenvalue weighted by Crippen LogP contribution is -2.42. The third kappa shape index (κ3) is 3.32. The average Bonchev–Trinajstić information content (AvgIpc) is 2.47. The molecule has 6 heteroatoms. The van der Waals surface area contributed by atoms with Gasteiger partial charge in [0, 0.05) is 24.2 Å². The van der Waals surface area contributed by atoms with Crippen molar-refractivity contribution in [2.75, 3.05) is 13.2 Å². The Morgan fingerprint density at radius 3 is 2.86 bits per heavy atom. The van der Waals surface area contributed by atoms with Gasteiger partial charge in [-0.25, -0.2) is 0 Å². The van der Waals surface area contributed by atoms with E-state index in [0.29, 0.717) is 18.7 Å². The summed E-state index contributed by atoms with van der Waals surface area (Å²) in [4.78, 5) is 24.9. The SMILES string of the molecule is CCOc1ccc(C(=O)N2CCCCC2C)cc1[N+](=O)[O-]. The van der Waals surface area contributed by atoms with Crippen molar-refractivity contribution in [3.8, 4) is 5.75 Å². The Morgan fingerprint density at radius 2 is 2.24 bits per heavy atom. The minimum atomic E-state index is -0.512. The number of hydrogen-bond donors (Lipinski definition) is 0. The number of nitro benzene ring substituents is 1. The molecule has 0 spiro atoms. The van der Waals surface area contributed by atoms with Crippen LogP contribution in [0.3, 0.4) is 0 Å². The number of nitrogens with zero attached hydrogens (tertiary/aromatic N) is 2. The van der Waals surface area contributed by atoms with Crippen LogP contribution in [0, 0.1) is 10.1 Å². The average molecular weight is 292 g/mol. The van der Waals surface area contributed by atoms with Crippen LogP contribution in [-0.4, -0.2) is 34.9 Å². The molecule has 1 aromatic rings. The topological polar surface area (TPSA) is 72.7 Å². The molecule has 114 valence electrons. The van der Waals surface area contributed by atoms with Crippen LogP contribution in [-0.2, 0) is 0 Å².